The second-order valence-electron chi connectivity index (χ2n) is 7.79. The van der Waals surface area contributed by atoms with Gasteiger partial charge >= 0.3 is 0 Å². The van der Waals surface area contributed by atoms with Crippen LogP contribution in [0.25, 0.3) is 10.9 Å². The third-order valence-corrected chi connectivity index (χ3v) is 7.58. The van der Waals surface area contributed by atoms with Crippen molar-refractivity contribution in [1.82, 2.24) is 14.5 Å². The van der Waals surface area contributed by atoms with E-state index in [1.165, 1.54) is 17.3 Å². The van der Waals surface area contributed by atoms with E-state index in [1.807, 2.05) is 18.2 Å². The van der Waals surface area contributed by atoms with Gasteiger partial charge in [-0.3, -0.25) is 9.36 Å². The van der Waals surface area contributed by atoms with Crippen LogP contribution in [0, 0.1) is 0 Å². The van der Waals surface area contributed by atoms with Crippen molar-refractivity contribution in [2.75, 3.05) is 6.61 Å². The maximum Gasteiger partial charge on any atom is 0.262 e. The number of ether oxygens (including phenoxy) is 1. The minimum Gasteiger partial charge on any atom is -0.376 e. The Morgan fingerprint density at radius 3 is 2.88 bits per heavy atom. The van der Waals surface area contributed by atoms with Crippen LogP contribution in [0.3, 0.4) is 0 Å². The molecule has 164 valence electrons. The highest BCUT2D eigenvalue weighted by Crippen LogP contribution is 2.26. The van der Waals surface area contributed by atoms with Crippen LogP contribution in [-0.4, -0.2) is 27.2 Å². The first kappa shape index (κ1) is 21.6. The summed E-state index contributed by atoms with van der Waals surface area (Å²) in [5.41, 5.74) is 2.82. The zero-order valence-corrected chi connectivity index (χ0v) is 19.8. The predicted molar refractivity (Wildman–Crippen MR) is 131 cm³/mol. The molecular weight excluding hydrogens is 462 g/mol. The molecular formula is C24H22ClN3O2S2. The molecule has 4 aromatic rings. The van der Waals surface area contributed by atoms with E-state index in [0.717, 1.165) is 36.6 Å². The Morgan fingerprint density at radius 1 is 1.19 bits per heavy atom. The fourth-order valence-corrected chi connectivity index (χ4v) is 5.84. The highest BCUT2D eigenvalue weighted by atomic mass is 35.5. The van der Waals surface area contributed by atoms with Gasteiger partial charge in [0.05, 0.1) is 34.3 Å². The van der Waals surface area contributed by atoms with E-state index in [2.05, 4.69) is 17.5 Å². The Balaban J connectivity index is 1.39. The number of thiazole rings is 1. The molecule has 0 N–H and O–H groups in total. The van der Waals surface area contributed by atoms with Crippen LogP contribution in [0.2, 0.25) is 5.02 Å². The van der Waals surface area contributed by atoms with Crippen molar-refractivity contribution in [2.45, 2.75) is 42.8 Å². The molecule has 1 aliphatic rings. The molecule has 8 heteroatoms. The number of hydrogen-bond donors (Lipinski definition) is 0. The first-order chi connectivity index (χ1) is 15.7. The molecule has 1 atom stereocenters. The lowest BCUT2D eigenvalue weighted by molar-refractivity contribution is 0.0937. The summed E-state index contributed by atoms with van der Waals surface area (Å²) in [6.07, 6.45) is 2.87. The van der Waals surface area contributed by atoms with Crippen molar-refractivity contribution in [3.8, 4) is 0 Å². The van der Waals surface area contributed by atoms with Crippen LogP contribution >= 0.6 is 34.7 Å². The van der Waals surface area contributed by atoms with Gasteiger partial charge in [0.25, 0.3) is 5.56 Å². The van der Waals surface area contributed by atoms with E-state index < -0.39 is 0 Å². The summed E-state index contributed by atoms with van der Waals surface area (Å²) in [6, 6.07) is 15.6. The fraction of sp³-hybridized carbons (Fsp3) is 0.292. The highest BCUT2D eigenvalue weighted by molar-refractivity contribution is 7.98. The summed E-state index contributed by atoms with van der Waals surface area (Å²) < 4.78 is 7.55. The second-order valence-corrected chi connectivity index (χ2v) is 10.1. The normalized spacial score (nSPS) is 16.1. The van der Waals surface area contributed by atoms with E-state index in [1.54, 1.807) is 34.1 Å². The first-order valence-electron chi connectivity index (χ1n) is 10.6. The maximum absolute atomic E-state index is 13.3. The van der Waals surface area contributed by atoms with E-state index in [9.17, 15) is 4.79 Å². The first-order valence-corrected chi connectivity index (χ1v) is 12.8. The summed E-state index contributed by atoms with van der Waals surface area (Å²) in [4.78, 5) is 22.8. The van der Waals surface area contributed by atoms with Crippen LogP contribution < -0.4 is 5.56 Å². The van der Waals surface area contributed by atoms with Crippen LogP contribution in [0.4, 0.5) is 0 Å². The monoisotopic (exact) mass is 483 g/mol. The van der Waals surface area contributed by atoms with Crippen LogP contribution in [0.5, 0.6) is 0 Å². The maximum atomic E-state index is 13.3. The SMILES string of the molecule is O=c1c2ccc(Cl)cc2nc(SCc2csc(Cc3ccccc3)n2)n1CC1CCCO1. The molecule has 1 aliphatic heterocycles. The lowest BCUT2D eigenvalue weighted by Gasteiger charge is -2.16. The molecule has 0 radical (unpaired) electrons. The minimum atomic E-state index is -0.0484. The van der Waals surface area contributed by atoms with Crippen molar-refractivity contribution in [3.05, 3.63) is 85.6 Å². The lowest BCUT2D eigenvalue weighted by Crippen LogP contribution is -2.28. The van der Waals surface area contributed by atoms with Gasteiger partial charge in [-0.2, -0.15) is 0 Å². The predicted octanol–water partition coefficient (Wildman–Crippen LogP) is 5.57. The molecule has 0 bridgehead atoms. The van der Waals surface area contributed by atoms with Gasteiger partial charge in [-0.1, -0.05) is 53.7 Å². The molecule has 1 fully saturated rings. The molecule has 5 nitrogen and oxygen atoms in total. The standard InChI is InChI=1S/C24H22ClN3O2S2/c25-17-8-9-20-21(12-17)27-24(28(23(20)29)13-19-7-4-10-30-19)32-15-18-14-31-22(26-18)11-16-5-2-1-3-6-16/h1-3,5-6,8-9,12,14,19H,4,7,10-11,13,15H2. The van der Waals surface area contributed by atoms with Crippen molar-refractivity contribution < 1.29 is 4.74 Å². The molecule has 1 saturated heterocycles. The topological polar surface area (TPSA) is 57.0 Å². The van der Waals surface area contributed by atoms with Gasteiger partial charge in [-0.25, -0.2) is 9.97 Å². The van der Waals surface area contributed by atoms with E-state index in [0.29, 0.717) is 33.4 Å². The average molecular weight is 484 g/mol. The van der Waals surface area contributed by atoms with Gasteiger partial charge in [0, 0.05) is 29.2 Å². The second kappa shape index (κ2) is 9.75. The van der Waals surface area contributed by atoms with Crippen LogP contribution in [-0.2, 0) is 23.5 Å². The Morgan fingerprint density at radius 2 is 2.06 bits per heavy atom. The zero-order valence-electron chi connectivity index (χ0n) is 17.4. The van der Waals surface area contributed by atoms with Gasteiger partial charge in [-0.15, -0.1) is 11.3 Å². The average Bonchev–Trinajstić information content (AvgIpc) is 3.47. The summed E-state index contributed by atoms with van der Waals surface area (Å²) in [7, 11) is 0. The molecule has 0 aliphatic carbocycles. The molecule has 1 unspecified atom stereocenters. The molecule has 0 amide bonds. The van der Waals surface area contributed by atoms with Crippen LogP contribution in [0.15, 0.2) is 63.9 Å². The van der Waals surface area contributed by atoms with Gasteiger partial charge in [-0.05, 0) is 36.6 Å². The number of thioether (sulfide) groups is 1. The quantitative estimate of drug-likeness (QED) is 0.254. The van der Waals surface area contributed by atoms with E-state index in [-0.39, 0.29) is 11.7 Å². The number of nitrogens with zero attached hydrogens (tertiary/aromatic N) is 3. The Labute approximate surface area is 199 Å². The Hall–Kier alpha value is -2.19. The number of aromatic nitrogens is 3. The molecule has 0 saturated carbocycles. The molecule has 2 aromatic carbocycles. The number of hydrogen-bond acceptors (Lipinski definition) is 6. The van der Waals surface area contributed by atoms with Gasteiger partial charge in [0.2, 0.25) is 0 Å². The van der Waals surface area contributed by atoms with Crippen molar-refractivity contribution in [3.63, 3.8) is 0 Å². The van der Waals surface area contributed by atoms with Gasteiger partial charge < -0.3 is 4.74 Å². The molecule has 5 rings (SSSR count). The lowest BCUT2D eigenvalue weighted by atomic mass is 10.2. The largest absolute Gasteiger partial charge is 0.376 e. The van der Waals surface area contributed by atoms with Gasteiger partial charge in [0.1, 0.15) is 0 Å². The molecule has 0 spiro atoms. The zero-order chi connectivity index (χ0) is 21.9. The van der Waals surface area contributed by atoms with E-state index in [4.69, 9.17) is 26.3 Å². The highest BCUT2D eigenvalue weighted by Gasteiger charge is 2.20. The minimum absolute atomic E-state index is 0.0484. The number of halogens is 1. The third kappa shape index (κ3) is 4.91. The molecule has 2 aromatic heterocycles. The third-order valence-electron chi connectivity index (χ3n) is 5.44. The summed E-state index contributed by atoms with van der Waals surface area (Å²) in [5, 5.41) is 5.00. The number of benzene rings is 2. The summed E-state index contributed by atoms with van der Waals surface area (Å²) >= 11 is 9.36. The van der Waals surface area contributed by atoms with Crippen LogP contribution in [0.1, 0.15) is 29.1 Å². The number of fused-ring (bicyclic) bond motifs is 1. The van der Waals surface area contributed by atoms with Gasteiger partial charge in [0.15, 0.2) is 5.16 Å². The summed E-state index contributed by atoms with van der Waals surface area (Å²) in [5.74, 6) is 0.648. The number of rotatable bonds is 7. The van der Waals surface area contributed by atoms with E-state index >= 15 is 0 Å². The van der Waals surface area contributed by atoms with Crippen molar-refractivity contribution in [1.29, 1.82) is 0 Å². The molecule has 3 heterocycles. The molecule has 32 heavy (non-hydrogen) atoms. The fourth-order valence-electron chi connectivity index (χ4n) is 3.84. The Kier molecular flexibility index (Phi) is 6.59. The van der Waals surface area contributed by atoms with Crippen molar-refractivity contribution >= 4 is 45.6 Å². The smallest absolute Gasteiger partial charge is 0.262 e. The van der Waals surface area contributed by atoms with Crippen molar-refractivity contribution in [2.24, 2.45) is 0 Å². The Bertz CT molecular complexity index is 1280. The summed E-state index contributed by atoms with van der Waals surface area (Å²) in [6.45, 7) is 1.27.